The van der Waals surface area contributed by atoms with Gasteiger partial charge in [0.1, 0.15) is 5.82 Å². The highest BCUT2D eigenvalue weighted by atomic mass is 15.3. The molecule has 0 aliphatic carbocycles. The number of rotatable bonds is 7. The Hall–Kier alpha value is -6.39. The van der Waals surface area contributed by atoms with Gasteiger partial charge in [-0.15, -0.1) is 0 Å². The summed E-state index contributed by atoms with van der Waals surface area (Å²) in [4.78, 5) is 9.72. The molecule has 0 bridgehead atoms. The maximum absolute atomic E-state index is 5.01. The van der Waals surface area contributed by atoms with E-state index in [1.165, 1.54) is 55.4 Å². The van der Waals surface area contributed by atoms with Crippen LogP contribution in [-0.2, 0) is 16.2 Å². The quantitative estimate of drug-likeness (QED) is 0.151. The molecule has 4 heteroatoms. The van der Waals surface area contributed by atoms with E-state index in [-0.39, 0.29) is 10.8 Å². The Morgan fingerprint density at radius 2 is 1.05 bits per heavy atom. The van der Waals surface area contributed by atoms with E-state index >= 15 is 0 Å². The van der Waals surface area contributed by atoms with Crippen LogP contribution >= 0.6 is 0 Å². The van der Waals surface area contributed by atoms with Gasteiger partial charge in [0, 0.05) is 40.7 Å². The number of nitrogens with zero attached hydrogens (tertiary/aromatic N) is 4. The minimum atomic E-state index is -0.642. The van der Waals surface area contributed by atoms with Crippen LogP contribution in [0.4, 0.5) is 11.4 Å². The van der Waals surface area contributed by atoms with Crippen molar-refractivity contribution in [3.63, 3.8) is 0 Å². The summed E-state index contributed by atoms with van der Waals surface area (Å²) in [6, 6.07) is 58.4. The molecule has 288 valence electrons. The molecule has 4 nitrogen and oxygen atoms in total. The van der Waals surface area contributed by atoms with Gasteiger partial charge in [0.2, 0.25) is 0 Å². The van der Waals surface area contributed by atoms with Crippen molar-refractivity contribution in [3.05, 3.63) is 215 Å². The van der Waals surface area contributed by atoms with Crippen LogP contribution in [0.1, 0.15) is 80.5 Å². The molecule has 0 saturated carbocycles. The Balaban J connectivity index is 1.23. The van der Waals surface area contributed by atoms with Gasteiger partial charge in [-0.2, -0.15) is 0 Å². The number of pyridine rings is 1. The second kappa shape index (κ2) is 14.2. The van der Waals surface area contributed by atoms with Crippen LogP contribution in [0.25, 0.3) is 27.6 Å². The fraction of sp³-hybridized carbons (Fsp3) is 0.204. The molecule has 0 radical (unpaired) electrons. The summed E-state index contributed by atoms with van der Waals surface area (Å²) >= 11 is 0. The lowest BCUT2D eigenvalue weighted by molar-refractivity contribution is 0.588. The van der Waals surface area contributed by atoms with E-state index in [1.54, 1.807) is 0 Å². The molecule has 1 aliphatic rings. The zero-order valence-electron chi connectivity index (χ0n) is 34.7. The van der Waals surface area contributed by atoms with Crippen LogP contribution in [0, 0.1) is 6.92 Å². The van der Waals surface area contributed by atoms with Crippen molar-refractivity contribution >= 4 is 33.2 Å². The molecule has 1 aliphatic heterocycles. The summed E-state index contributed by atoms with van der Waals surface area (Å²) in [6.07, 6.45) is 6.38. The fourth-order valence-electron chi connectivity index (χ4n) is 8.94. The predicted octanol–water partition coefficient (Wildman–Crippen LogP) is 13.2. The number of hydrogen-bond acceptors (Lipinski definition) is 3. The highest BCUT2D eigenvalue weighted by molar-refractivity contribution is 6.09. The van der Waals surface area contributed by atoms with Gasteiger partial charge < -0.3 is 9.80 Å². The maximum atomic E-state index is 5.01. The molecular formula is C54H52N4. The standard InChI is InChI=1S/C54H52N4/c1-38-33-41(52(2,3)4)26-28-48(38)57-32-31-56(37-57)45-22-16-21-43(34-45)54(39-17-10-8-11-18-39,40-19-12-9-13-20-40)44-25-27-47-46-23-14-15-24-49(46)58(50(47)35-44)51-36-42(29-30-55-51)53(5,6)7/h8-36H,37H2,1-7H3. The Bertz CT molecular complexity index is 2760. The highest BCUT2D eigenvalue weighted by Crippen LogP contribution is 2.48. The SMILES string of the molecule is Cc1cc(C(C)(C)C)ccc1N1C=CN(c2cccc(C(c3ccccc3)(c3ccccc3)c3ccc4c5ccccc5n(-c5cc(C(C)(C)C)ccn5)c4c3)c2)C1. The first-order chi connectivity index (χ1) is 27.9. The van der Waals surface area contributed by atoms with Gasteiger partial charge in [-0.25, -0.2) is 4.98 Å². The van der Waals surface area contributed by atoms with E-state index in [9.17, 15) is 0 Å². The van der Waals surface area contributed by atoms with Gasteiger partial charge in [-0.3, -0.25) is 4.57 Å². The third-order valence-corrected chi connectivity index (χ3v) is 12.1. The summed E-state index contributed by atoms with van der Waals surface area (Å²) in [5.41, 5.74) is 12.8. The van der Waals surface area contributed by atoms with Crippen LogP contribution in [-0.4, -0.2) is 16.2 Å². The highest BCUT2D eigenvalue weighted by Gasteiger charge is 2.39. The molecule has 0 atom stereocenters. The lowest BCUT2D eigenvalue weighted by atomic mass is 9.65. The van der Waals surface area contributed by atoms with Crippen molar-refractivity contribution < 1.29 is 0 Å². The zero-order valence-corrected chi connectivity index (χ0v) is 34.7. The number of hydrogen-bond donors (Lipinski definition) is 0. The minimum Gasteiger partial charge on any atom is -0.328 e. The first-order valence-corrected chi connectivity index (χ1v) is 20.5. The van der Waals surface area contributed by atoms with Gasteiger partial charge in [0.25, 0.3) is 0 Å². The van der Waals surface area contributed by atoms with Crippen LogP contribution in [0.2, 0.25) is 0 Å². The van der Waals surface area contributed by atoms with E-state index in [2.05, 4.69) is 233 Å². The van der Waals surface area contributed by atoms with Gasteiger partial charge in [0.15, 0.2) is 0 Å². The number of aryl methyl sites for hydroxylation is 1. The number of para-hydroxylation sites is 1. The maximum Gasteiger partial charge on any atom is 0.137 e. The first kappa shape index (κ1) is 37.2. The summed E-state index contributed by atoms with van der Waals surface area (Å²) in [7, 11) is 0. The fourth-order valence-corrected chi connectivity index (χ4v) is 8.94. The Labute approximate surface area is 343 Å². The molecule has 0 saturated heterocycles. The van der Waals surface area contributed by atoms with Crippen LogP contribution in [0.5, 0.6) is 0 Å². The van der Waals surface area contributed by atoms with Crippen molar-refractivity contribution in [1.82, 2.24) is 9.55 Å². The Morgan fingerprint density at radius 3 is 1.74 bits per heavy atom. The minimum absolute atomic E-state index is 0.0142. The van der Waals surface area contributed by atoms with E-state index in [0.29, 0.717) is 0 Å². The second-order valence-electron chi connectivity index (χ2n) is 17.9. The topological polar surface area (TPSA) is 24.3 Å². The lowest BCUT2D eigenvalue weighted by Gasteiger charge is -2.37. The van der Waals surface area contributed by atoms with Gasteiger partial charge in [0.05, 0.1) is 23.1 Å². The molecule has 58 heavy (non-hydrogen) atoms. The van der Waals surface area contributed by atoms with Gasteiger partial charge in [-0.1, -0.05) is 157 Å². The van der Waals surface area contributed by atoms with Crippen LogP contribution in [0.15, 0.2) is 176 Å². The molecule has 0 spiro atoms. The Kier molecular flexibility index (Phi) is 9.12. The molecule has 0 fully saturated rings. The van der Waals surface area contributed by atoms with Crippen molar-refractivity contribution in [1.29, 1.82) is 0 Å². The van der Waals surface area contributed by atoms with Gasteiger partial charge in [-0.05, 0) is 99.2 Å². The molecule has 6 aromatic carbocycles. The normalized spacial score (nSPS) is 13.6. The number of anilines is 2. The number of aromatic nitrogens is 2. The average Bonchev–Trinajstić information content (AvgIpc) is 3.85. The van der Waals surface area contributed by atoms with Crippen molar-refractivity contribution in [3.8, 4) is 5.82 Å². The van der Waals surface area contributed by atoms with Gasteiger partial charge >= 0.3 is 0 Å². The number of benzene rings is 6. The summed E-state index contributed by atoms with van der Waals surface area (Å²) in [5.74, 6) is 0.927. The lowest BCUT2D eigenvalue weighted by Crippen LogP contribution is -2.31. The van der Waals surface area contributed by atoms with Crippen molar-refractivity contribution in [2.45, 2.75) is 64.7 Å². The number of fused-ring (bicyclic) bond motifs is 3. The van der Waals surface area contributed by atoms with Crippen molar-refractivity contribution in [2.24, 2.45) is 0 Å². The summed E-state index contributed by atoms with van der Waals surface area (Å²) < 4.78 is 2.36. The van der Waals surface area contributed by atoms with Crippen LogP contribution < -0.4 is 9.80 Å². The third-order valence-electron chi connectivity index (χ3n) is 12.1. The third kappa shape index (κ3) is 6.37. The second-order valence-corrected chi connectivity index (χ2v) is 17.9. The van der Waals surface area contributed by atoms with E-state index in [4.69, 9.17) is 4.98 Å². The predicted molar refractivity (Wildman–Crippen MR) is 244 cm³/mol. The largest absolute Gasteiger partial charge is 0.328 e. The molecule has 0 unspecified atom stereocenters. The zero-order chi connectivity index (χ0) is 40.2. The summed E-state index contributed by atoms with van der Waals surface area (Å²) in [6.45, 7) is 16.6. The van der Waals surface area contributed by atoms with Crippen LogP contribution in [0.3, 0.4) is 0 Å². The van der Waals surface area contributed by atoms with E-state index < -0.39 is 5.41 Å². The molecule has 8 aromatic rings. The monoisotopic (exact) mass is 756 g/mol. The van der Waals surface area contributed by atoms with Crippen molar-refractivity contribution in [2.75, 3.05) is 16.5 Å². The first-order valence-electron chi connectivity index (χ1n) is 20.5. The summed E-state index contributed by atoms with van der Waals surface area (Å²) in [5, 5.41) is 2.42. The molecule has 0 amide bonds. The van der Waals surface area contributed by atoms with E-state index in [0.717, 1.165) is 29.2 Å². The molecule has 2 aromatic heterocycles. The smallest absolute Gasteiger partial charge is 0.137 e. The molecule has 3 heterocycles. The molecule has 0 N–H and O–H groups in total. The molecule has 9 rings (SSSR count). The van der Waals surface area contributed by atoms with E-state index in [1.807, 2.05) is 6.20 Å². The Morgan fingerprint density at radius 1 is 0.466 bits per heavy atom. The average molecular weight is 757 g/mol. The molecular weight excluding hydrogens is 705 g/mol.